The molecule has 4 nitrogen and oxygen atoms in total. The van der Waals surface area contributed by atoms with Gasteiger partial charge in [-0.25, -0.2) is 4.79 Å². The second-order valence-corrected chi connectivity index (χ2v) is 6.77. The van der Waals surface area contributed by atoms with Gasteiger partial charge in [0.25, 0.3) is 0 Å². The lowest BCUT2D eigenvalue weighted by Gasteiger charge is -2.21. The molecule has 0 saturated carbocycles. The fourth-order valence-electron chi connectivity index (χ4n) is 2.18. The normalized spacial score (nSPS) is 18.6. The van der Waals surface area contributed by atoms with E-state index in [0.717, 1.165) is 4.90 Å². The zero-order valence-electron chi connectivity index (χ0n) is 12.2. The number of carbonyl (C=O) groups is 2. The van der Waals surface area contributed by atoms with Crippen LogP contribution < -0.4 is 0 Å². The molecular weight excluding hydrogens is 334 g/mol. The van der Waals surface area contributed by atoms with E-state index in [4.69, 9.17) is 16.4 Å². The number of thioether (sulfide) groups is 1. The Labute approximate surface area is 142 Å². The number of carbonyl (C=O) groups excluding carboxylic acids is 2. The van der Waals surface area contributed by atoms with Gasteiger partial charge in [-0.15, -0.1) is 11.8 Å². The molecule has 0 amide bonds. The van der Waals surface area contributed by atoms with Crippen LogP contribution in [0.25, 0.3) is 0 Å². The van der Waals surface area contributed by atoms with Crippen LogP contribution in [0.2, 0.25) is 5.02 Å². The van der Waals surface area contributed by atoms with Crippen LogP contribution in [-0.4, -0.2) is 22.7 Å². The minimum Gasteiger partial charge on any atom is -0.312 e. The van der Waals surface area contributed by atoms with Crippen molar-refractivity contribution in [3.05, 3.63) is 64.7 Å². The topological polar surface area (TPSA) is 55.7 Å². The summed E-state index contributed by atoms with van der Waals surface area (Å²) in [5, 5.41) is 4.07. The monoisotopic (exact) mass is 345 g/mol. The van der Waals surface area contributed by atoms with E-state index in [9.17, 15) is 9.59 Å². The minimum atomic E-state index is -0.597. The van der Waals surface area contributed by atoms with E-state index >= 15 is 0 Å². The highest BCUT2D eigenvalue weighted by atomic mass is 35.5. The van der Waals surface area contributed by atoms with Crippen LogP contribution in [0.15, 0.2) is 58.6 Å². The molecule has 23 heavy (non-hydrogen) atoms. The molecule has 1 unspecified atom stereocenters. The largest absolute Gasteiger partial charge is 0.365 e. The van der Waals surface area contributed by atoms with E-state index in [1.165, 1.54) is 11.8 Å². The molecule has 1 heterocycles. The lowest BCUT2D eigenvalue weighted by molar-refractivity contribution is 0.0515. The Hall–Kier alpha value is -2.11. The minimum absolute atomic E-state index is 0.203. The molecule has 0 bridgehead atoms. The van der Waals surface area contributed by atoms with Gasteiger partial charge in [-0.05, 0) is 37.3 Å². The molecule has 6 heteroatoms. The molecule has 0 saturated heterocycles. The number of benzene rings is 2. The molecule has 0 fully saturated rings. The average Bonchev–Trinajstić information content (AvgIpc) is 2.56. The Balaban J connectivity index is 1.85. The van der Waals surface area contributed by atoms with Crippen LogP contribution in [0.3, 0.4) is 0 Å². The van der Waals surface area contributed by atoms with Gasteiger partial charge in [0.15, 0.2) is 0 Å². The van der Waals surface area contributed by atoms with E-state index in [-0.39, 0.29) is 16.7 Å². The van der Waals surface area contributed by atoms with Gasteiger partial charge in [0.1, 0.15) is 5.71 Å². The van der Waals surface area contributed by atoms with Crippen molar-refractivity contribution in [3.8, 4) is 0 Å². The van der Waals surface area contributed by atoms with Gasteiger partial charge in [-0.3, -0.25) is 4.79 Å². The van der Waals surface area contributed by atoms with Crippen LogP contribution >= 0.6 is 23.4 Å². The summed E-state index contributed by atoms with van der Waals surface area (Å²) in [6.45, 7) is 1.84. The summed E-state index contributed by atoms with van der Waals surface area (Å²) in [6.07, 6.45) is 0. The van der Waals surface area contributed by atoms with Crippen molar-refractivity contribution in [3.63, 3.8) is 0 Å². The lowest BCUT2D eigenvalue weighted by Crippen LogP contribution is -2.29. The van der Waals surface area contributed by atoms with Gasteiger partial charge in [0.2, 0.25) is 5.78 Å². The number of halogens is 1. The average molecular weight is 346 g/mol. The zero-order valence-corrected chi connectivity index (χ0v) is 13.7. The Morgan fingerprint density at radius 3 is 2.70 bits per heavy atom. The number of Topliss-reactive ketones (excluding diaryl/α,β-unsaturated/α-hetero) is 1. The van der Waals surface area contributed by atoms with E-state index in [2.05, 4.69) is 5.16 Å². The fourth-order valence-corrected chi connectivity index (χ4v) is 3.42. The lowest BCUT2D eigenvalue weighted by atomic mass is 10.0. The molecule has 0 aromatic heterocycles. The highest BCUT2D eigenvalue weighted by Gasteiger charge is 2.31. The van der Waals surface area contributed by atoms with Gasteiger partial charge in [-0.1, -0.05) is 35.0 Å². The van der Waals surface area contributed by atoms with Crippen molar-refractivity contribution in [2.45, 2.75) is 17.1 Å². The summed E-state index contributed by atoms with van der Waals surface area (Å²) < 4.78 is 0. The molecule has 1 atom stereocenters. The van der Waals surface area contributed by atoms with Gasteiger partial charge >= 0.3 is 5.97 Å². The first-order chi connectivity index (χ1) is 11.1. The van der Waals surface area contributed by atoms with E-state index in [1.54, 1.807) is 42.5 Å². The standard InChI is InChI=1S/C17H12ClNO3S/c1-10-15(19-22-17(21)11-5-3-2-4-6-11)16(20)13-9-12(18)7-8-14(13)23-10/h2-10H,1H3/b19-15+. The number of rotatable bonds is 2. The summed E-state index contributed by atoms with van der Waals surface area (Å²) in [7, 11) is 0. The highest BCUT2D eigenvalue weighted by Crippen LogP contribution is 2.35. The molecule has 2 aromatic rings. The maximum absolute atomic E-state index is 12.5. The van der Waals surface area contributed by atoms with Gasteiger partial charge in [-0.2, -0.15) is 0 Å². The second kappa shape index (κ2) is 6.56. The second-order valence-electron chi connectivity index (χ2n) is 4.95. The zero-order chi connectivity index (χ0) is 16.4. The fraction of sp³-hybridized carbons (Fsp3) is 0.118. The smallest absolute Gasteiger partial charge is 0.312 e. The first-order valence-electron chi connectivity index (χ1n) is 6.91. The van der Waals surface area contributed by atoms with Crippen LogP contribution in [0.4, 0.5) is 0 Å². The van der Waals surface area contributed by atoms with Crippen molar-refractivity contribution >= 4 is 40.8 Å². The third-order valence-electron chi connectivity index (χ3n) is 3.34. The summed E-state index contributed by atoms with van der Waals surface area (Å²) in [6, 6.07) is 13.7. The quantitative estimate of drug-likeness (QED) is 0.603. The van der Waals surface area contributed by atoms with E-state index in [0.29, 0.717) is 16.1 Å². The molecule has 1 aliphatic heterocycles. The number of hydrogen-bond acceptors (Lipinski definition) is 5. The Bertz CT molecular complexity index is 805. The molecule has 116 valence electrons. The van der Waals surface area contributed by atoms with Crippen molar-refractivity contribution < 1.29 is 14.4 Å². The molecular formula is C17H12ClNO3S. The molecule has 3 rings (SSSR count). The molecule has 0 spiro atoms. The molecule has 0 aliphatic carbocycles. The summed E-state index contributed by atoms with van der Waals surface area (Å²) in [5.74, 6) is -0.866. The van der Waals surface area contributed by atoms with Crippen molar-refractivity contribution in [2.24, 2.45) is 5.16 Å². The molecule has 0 N–H and O–H groups in total. The third kappa shape index (κ3) is 3.30. The Kier molecular flexibility index (Phi) is 4.50. The van der Waals surface area contributed by atoms with Gasteiger partial charge < -0.3 is 4.84 Å². The van der Waals surface area contributed by atoms with Crippen LogP contribution in [-0.2, 0) is 4.84 Å². The van der Waals surface area contributed by atoms with E-state index in [1.807, 2.05) is 13.0 Å². The number of fused-ring (bicyclic) bond motifs is 1. The first-order valence-corrected chi connectivity index (χ1v) is 8.17. The van der Waals surface area contributed by atoms with E-state index < -0.39 is 5.97 Å². The number of hydrogen-bond donors (Lipinski definition) is 0. The van der Waals surface area contributed by atoms with Crippen molar-refractivity contribution in [1.82, 2.24) is 0 Å². The summed E-state index contributed by atoms with van der Waals surface area (Å²) in [4.78, 5) is 30.2. The van der Waals surface area contributed by atoms with Crippen molar-refractivity contribution in [2.75, 3.05) is 0 Å². The predicted octanol–water partition coefficient (Wildman–Crippen LogP) is 4.23. The van der Waals surface area contributed by atoms with Crippen LogP contribution in [0, 0.1) is 0 Å². The number of oxime groups is 1. The van der Waals surface area contributed by atoms with Crippen LogP contribution in [0.1, 0.15) is 27.6 Å². The van der Waals surface area contributed by atoms with Gasteiger partial charge in [0.05, 0.1) is 10.8 Å². The van der Waals surface area contributed by atoms with Crippen molar-refractivity contribution in [1.29, 1.82) is 0 Å². The summed E-state index contributed by atoms with van der Waals surface area (Å²) in [5.41, 5.74) is 1.06. The molecule has 0 radical (unpaired) electrons. The Morgan fingerprint density at radius 2 is 1.96 bits per heavy atom. The number of ketones is 1. The highest BCUT2D eigenvalue weighted by molar-refractivity contribution is 8.01. The maximum atomic E-state index is 12.5. The summed E-state index contributed by atoms with van der Waals surface area (Å²) >= 11 is 7.43. The number of nitrogens with zero attached hydrogens (tertiary/aromatic N) is 1. The molecule has 1 aliphatic rings. The van der Waals surface area contributed by atoms with Crippen LogP contribution in [0.5, 0.6) is 0 Å². The third-order valence-corrected chi connectivity index (χ3v) is 4.77. The SMILES string of the molecule is CC1Sc2ccc(Cl)cc2C(=O)/C1=N/OC(=O)c1ccccc1. The predicted molar refractivity (Wildman–Crippen MR) is 90.4 cm³/mol. The van der Waals surface area contributed by atoms with Gasteiger partial charge in [0, 0.05) is 15.5 Å². The molecule has 2 aromatic carbocycles. The maximum Gasteiger partial charge on any atom is 0.365 e. The Morgan fingerprint density at radius 1 is 1.22 bits per heavy atom. The first kappa shape index (κ1) is 15.8.